The van der Waals surface area contributed by atoms with E-state index < -0.39 is 0 Å². The minimum absolute atomic E-state index is 0.289. The molecule has 1 aliphatic rings. The molecule has 2 rings (SSSR count). The molecule has 0 aromatic heterocycles. The molecule has 0 radical (unpaired) electrons. The summed E-state index contributed by atoms with van der Waals surface area (Å²) in [6, 6.07) is 9.15. The molecule has 1 unspecified atom stereocenters. The van der Waals surface area contributed by atoms with Crippen LogP contribution in [0.25, 0.3) is 0 Å². The van der Waals surface area contributed by atoms with Crippen molar-refractivity contribution in [1.82, 2.24) is 5.32 Å². The van der Waals surface area contributed by atoms with Crippen molar-refractivity contribution in [1.29, 1.82) is 5.26 Å². The highest BCUT2D eigenvalue weighted by molar-refractivity contribution is 5.55. The number of hydrogen-bond donors (Lipinski definition) is 1. The second-order valence-electron chi connectivity index (χ2n) is 5.10. The van der Waals surface area contributed by atoms with E-state index in [4.69, 9.17) is 5.26 Å². The summed E-state index contributed by atoms with van der Waals surface area (Å²) < 4.78 is 0. The Morgan fingerprint density at radius 1 is 1.44 bits per heavy atom. The average Bonchev–Trinajstić information content (AvgIpc) is 2.58. The van der Waals surface area contributed by atoms with Crippen LogP contribution < -0.4 is 10.2 Å². The van der Waals surface area contributed by atoms with Crippen LogP contribution in [0.2, 0.25) is 0 Å². The van der Waals surface area contributed by atoms with Crippen LogP contribution in [0.4, 0.5) is 5.69 Å². The summed E-state index contributed by atoms with van der Waals surface area (Å²) in [6.07, 6.45) is 1.72. The number of nitrogens with one attached hydrogen (secondary N) is 1. The molecular formula is C15H21N3. The van der Waals surface area contributed by atoms with Gasteiger partial charge in [-0.05, 0) is 44.0 Å². The largest absolute Gasteiger partial charge is 0.370 e. The Balaban J connectivity index is 2.20. The van der Waals surface area contributed by atoms with Crippen LogP contribution in [0.3, 0.4) is 0 Å². The molecule has 18 heavy (non-hydrogen) atoms. The van der Waals surface area contributed by atoms with Gasteiger partial charge in [0.05, 0.1) is 12.5 Å². The van der Waals surface area contributed by atoms with E-state index in [1.54, 1.807) is 0 Å². The first-order chi connectivity index (χ1) is 8.70. The summed E-state index contributed by atoms with van der Waals surface area (Å²) in [5.74, 6) is 0. The highest BCUT2D eigenvalue weighted by Crippen LogP contribution is 2.23. The van der Waals surface area contributed by atoms with Gasteiger partial charge in [0.25, 0.3) is 0 Å². The molecule has 1 aromatic rings. The van der Waals surface area contributed by atoms with Gasteiger partial charge in [-0.3, -0.25) is 0 Å². The molecule has 0 aliphatic carbocycles. The highest BCUT2D eigenvalue weighted by atomic mass is 15.2. The number of rotatable bonds is 2. The lowest BCUT2D eigenvalue weighted by molar-refractivity contribution is 0.552. The number of nitriles is 1. The molecule has 96 valence electrons. The Labute approximate surface area is 109 Å². The van der Waals surface area contributed by atoms with Crippen molar-refractivity contribution in [3.8, 4) is 6.07 Å². The molecule has 1 saturated heterocycles. The molecule has 3 nitrogen and oxygen atoms in total. The summed E-state index contributed by atoms with van der Waals surface area (Å²) in [5, 5.41) is 12.3. The Hall–Kier alpha value is -1.53. The van der Waals surface area contributed by atoms with Gasteiger partial charge in [-0.25, -0.2) is 0 Å². The molecule has 1 N–H and O–H groups in total. The SMILES string of the molecule is Cc1ccc(C)c(N2CCCNC(CC#N)C2)c1. The molecule has 0 amide bonds. The molecule has 3 heteroatoms. The Morgan fingerprint density at radius 2 is 2.28 bits per heavy atom. The van der Waals surface area contributed by atoms with Crippen molar-refractivity contribution in [3.05, 3.63) is 29.3 Å². The summed E-state index contributed by atoms with van der Waals surface area (Å²) in [7, 11) is 0. The fourth-order valence-electron chi connectivity index (χ4n) is 2.52. The van der Waals surface area contributed by atoms with E-state index in [9.17, 15) is 0 Å². The maximum atomic E-state index is 8.86. The maximum absolute atomic E-state index is 8.86. The van der Waals surface area contributed by atoms with E-state index in [1.165, 1.54) is 16.8 Å². The van der Waals surface area contributed by atoms with Gasteiger partial charge in [0.15, 0.2) is 0 Å². The summed E-state index contributed by atoms with van der Waals surface area (Å²) in [4.78, 5) is 2.42. The third-order valence-corrected chi connectivity index (χ3v) is 3.52. The monoisotopic (exact) mass is 243 g/mol. The average molecular weight is 243 g/mol. The number of hydrogen-bond acceptors (Lipinski definition) is 3. The van der Waals surface area contributed by atoms with Crippen molar-refractivity contribution < 1.29 is 0 Å². The number of anilines is 1. The van der Waals surface area contributed by atoms with E-state index in [1.807, 2.05) is 0 Å². The minimum Gasteiger partial charge on any atom is -0.370 e. The van der Waals surface area contributed by atoms with Crippen LogP contribution in [-0.4, -0.2) is 25.7 Å². The molecule has 0 bridgehead atoms. The van der Waals surface area contributed by atoms with Gasteiger partial charge in [0.2, 0.25) is 0 Å². The topological polar surface area (TPSA) is 39.1 Å². The van der Waals surface area contributed by atoms with Crippen LogP contribution >= 0.6 is 0 Å². The van der Waals surface area contributed by atoms with Crippen LogP contribution in [0.5, 0.6) is 0 Å². The number of nitrogens with zero attached hydrogens (tertiary/aromatic N) is 2. The third-order valence-electron chi connectivity index (χ3n) is 3.52. The van der Waals surface area contributed by atoms with Gasteiger partial charge in [0, 0.05) is 24.8 Å². The lowest BCUT2D eigenvalue weighted by Crippen LogP contribution is -2.37. The zero-order valence-electron chi connectivity index (χ0n) is 11.2. The molecule has 1 atom stereocenters. The zero-order chi connectivity index (χ0) is 13.0. The van der Waals surface area contributed by atoms with Crippen LogP contribution in [0, 0.1) is 25.2 Å². The van der Waals surface area contributed by atoms with Crippen molar-refractivity contribution in [3.63, 3.8) is 0 Å². The molecule has 0 saturated carbocycles. The smallest absolute Gasteiger partial charge is 0.0638 e. The quantitative estimate of drug-likeness (QED) is 0.867. The fourth-order valence-corrected chi connectivity index (χ4v) is 2.52. The normalized spacial score (nSPS) is 20.3. The van der Waals surface area contributed by atoms with Crippen LogP contribution in [0.1, 0.15) is 24.0 Å². The molecule has 1 heterocycles. The van der Waals surface area contributed by atoms with E-state index in [2.05, 4.69) is 48.3 Å². The fraction of sp³-hybridized carbons (Fsp3) is 0.533. The molecule has 1 fully saturated rings. The molecule has 1 aliphatic heterocycles. The maximum Gasteiger partial charge on any atom is 0.0638 e. The van der Waals surface area contributed by atoms with Gasteiger partial charge < -0.3 is 10.2 Å². The Kier molecular flexibility index (Phi) is 4.22. The third kappa shape index (κ3) is 3.02. The minimum atomic E-state index is 0.289. The van der Waals surface area contributed by atoms with Crippen LogP contribution in [-0.2, 0) is 0 Å². The van der Waals surface area contributed by atoms with Crippen molar-refractivity contribution in [2.24, 2.45) is 0 Å². The van der Waals surface area contributed by atoms with E-state index >= 15 is 0 Å². The molecular weight excluding hydrogens is 222 g/mol. The Morgan fingerprint density at radius 3 is 3.06 bits per heavy atom. The first-order valence-corrected chi connectivity index (χ1v) is 6.63. The summed E-state index contributed by atoms with van der Waals surface area (Å²) in [5.41, 5.74) is 3.93. The van der Waals surface area contributed by atoms with E-state index in [0.717, 1.165) is 26.1 Å². The van der Waals surface area contributed by atoms with Gasteiger partial charge >= 0.3 is 0 Å². The predicted octanol–water partition coefficient (Wildman–Crippen LogP) is 2.39. The van der Waals surface area contributed by atoms with Gasteiger partial charge in [-0.1, -0.05) is 12.1 Å². The zero-order valence-corrected chi connectivity index (χ0v) is 11.2. The predicted molar refractivity (Wildman–Crippen MR) is 74.8 cm³/mol. The van der Waals surface area contributed by atoms with E-state index in [-0.39, 0.29) is 6.04 Å². The first-order valence-electron chi connectivity index (χ1n) is 6.63. The summed E-state index contributed by atoms with van der Waals surface area (Å²) in [6.45, 7) is 7.29. The lowest BCUT2D eigenvalue weighted by atomic mass is 10.1. The van der Waals surface area contributed by atoms with Crippen molar-refractivity contribution in [2.75, 3.05) is 24.5 Å². The number of benzene rings is 1. The molecule has 1 aromatic carbocycles. The standard InChI is InChI=1S/C15H21N3/c1-12-4-5-13(2)15(10-12)18-9-3-8-17-14(11-18)6-7-16/h4-5,10,14,17H,3,6,8-9,11H2,1-2H3. The van der Waals surface area contributed by atoms with Gasteiger partial charge in [-0.15, -0.1) is 0 Å². The first kappa shape index (κ1) is 12.9. The van der Waals surface area contributed by atoms with E-state index in [0.29, 0.717) is 6.42 Å². The summed E-state index contributed by atoms with van der Waals surface area (Å²) >= 11 is 0. The highest BCUT2D eigenvalue weighted by Gasteiger charge is 2.18. The second-order valence-corrected chi connectivity index (χ2v) is 5.10. The lowest BCUT2D eigenvalue weighted by Gasteiger charge is -2.27. The Bertz CT molecular complexity index is 448. The number of aryl methyl sites for hydroxylation is 2. The van der Waals surface area contributed by atoms with Crippen molar-refractivity contribution >= 4 is 5.69 Å². The second kappa shape index (κ2) is 5.88. The van der Waals surface area contributed by atoms with Crippen LogP contribution in [0.15, 0.2) is 18.2 Å². The molecule has 0 spiro atoms. The van der Waals surface area contributed by atoms with Crippen molar-refractivity contribution in [2.45, 2.75) is 32.7 Å². The van der Waals surface area contributed by atoms with Gasteiger partial charge in [0.1, 0.15) is 0 Å². The van der Waals surface area contributed by atoms with Gasteiger partial charge in [-0.2, -0.15) is 5.26 Å².